The predicted molar refractivity (Wildman–Crippen MR) is 81.9 cm³/mol. The van der Waals surface area contributed by atoms with Crippen LogP contribution >= 0.6 is 0 Å². The highest BCUT2D eigenvalue weighted by molar-refractivity contribution is 5.83. The van der Waals surface area contributed by atoms with Gasteiger partial charge in [0.1, 0.15) is 0 Å². The highest BCUT2D eigenvalue weighted by Crippen LogP contribution is 2.24. The van der Waals surface area contributed by atoms with Crippen LogP contribution in [0.3, 0.4) is 0 Å². The van der Waals surface area contributed by atoms with Gasteiger partial charge in [-0.2, -0.15) is 0 Å². The van der Waals surface area contributed by atoms with E-state index in [0.717, 1.165) is 5.57 Å². The summed E-state index contributed by atoms with van der Waals surface area (Å²) in [7, 11) is 0. The van der Waals surface area contributed by atoms with Crippen LogP contribution in [0.15, 0.2) is 23.3 Å². The molecule has 0 aromatic carbocycles. The van der Waals surface area contributed by atoms with E-state index in [2.05, 4.69) is 40.7 Å². The quantitative estimate of drug-likeness (QED) is 0.377. The molecule has 0 aliphatic rings. The average molecular weight is 266 g/mol. The molecule has 0 amide bonds. The lowest BCUT2D eigenvalue weighted by Gasteiger charge is -2.21. The summed E-state index contributed by atoms with van der Waals surface area (Å²) in [4.78, 5) is 11.3. The summed E-state index contributed by atoms with van der Waals surface area (Å²) in [6.07, 6.45) is 4.84. The van der Waals surface area contributed by atoms with E-state index in [-0.39, 0.29) is 5.97 Å². The van der Waals surface area contributed by atoms with E-state index in [0.29, 0.717) is 24.4 Å². The number of hydrogen-bond acceptors (Lipinski definition) is 2. The van der Waals surface area contributed by atoms with Crippen molar-refractivity contribution in [2.75, 3.05) is 6.61 Å². The zero-order chi connectivity index (χ0) is 15.0. The van der Waals surface area contributed by atoms with Gasteiger partial charge in [-0.3, -0.25) is 0 Å². The van der Waals surface area contributed by atoms with Gasteiger partial charge >= 0.3 is 5.97 Å². The van der Waals surface area contributed by atoms with E-state index in [1.165, 1.54) is 12.0 Å². The first-order valence-corrected chi connectivity index (χ1v) is 7.31. The van der Waals surface area contributed by atoms with Crippen LogP contribution < -0.4 is 0 Å². The van der Waals surface area contributed by atoms with Crippen molar-refractivity contribution in [3.05, 3.63) is 23.3 Å². The minimum Gasteiger partial charge on any atom is -0.463 e. The maximum Gasteiger partial charge on any atom is 0.330 e. The Morgan fingerprint density at radius 2 is 1.68 bits per heavy atom. The van der Waals surface area contributed by atoms with E-state index in [1.54, 1.807) is 6.08 Å². The molecule has 110 valence electrons. The molecule has 0 radical (unpaired) electrons. The molecule has 0 N–H and O–H groups in total. The molecule has 2 unspecified atom stereocenters. The van der Waals surface area contributed by atoms with Gasteiger partial charge in [-0.15, -0.1) is 0 Å². The Balaban J connectivity index is 4.57. The molecule has 0 bridgehead atoms. The SMILES string of the molecule is CCOC(=O)/C=C(C)/C=C(\C)C(C)CC(C)C(C)C. The van der Waals surface area contributed by atoms with Crippen LogP contribution in [0.4, 0.5) is 0 Å². The van der Waals surface area contributed by atoms with Crippen LogP contribution in [0, 0.1) is 17.8 Å². The first kappa shape index (κ1) is 17.9. The van der Waals surface area contributed by atoms with Gasteiger partial charge in [0.15, 0.2) is 0 Å². The zero-order valence-corrected chi connectivity index (χ0v) is 13.6. The van der Waals surface area contributed by atoms with Crippen LogP contribution in [0.2, 0.25) is 0 Å². The Bertz CT molecular complexity index is 337. The fraction of sp³-hybridized carbons (Fsp3) is 0.706. The van der Waals surface area contributed by atoms with E-state index >= 15 is 0 Å². The van der Waals surface area contributed by atoms with Gasteiger partial charge in [0.05, 0.1) is 6.61 Å². The molecule has 0 fully saturated rings. The minimum atomic E-state index is -0.257. The third-order valence-corrected chi connectivity index (χ3v) is 3.73. The Hall–Kier alpha value is -1.05. The summed E-state index contributed by atoms with van der Waals surface area (Å²) >= 11 is 0. The highest BCUT2D eigenvalue weighted by Gasteiger charge is 2.13. The molecule has 0 rings (SSSR count). The first-order valence-electron chi connectivity index (χ1n) is 7.31. The van der Waals surface area contributed by atoms with Crippen molar-refractivity contribution in [1.82, 2.24) is 0 Å². The van der Waals surface area contributed by atoms with Crippen molar-refractivity contribution in [2.24, 2.45) is 17.8 Å². The second-order valence-corrected chi connectivity index (χ2v) is 5.89. The van der Waals surface area contributed by atoms with Gasteiger partial charge in [0, 0.05) is 6.08 Å². The highest BCUT2D eigenvalue weighted by atomic mass is 16.5. The summed E-state index contributed by atoms with van der Waals surface area (Å²) in [5.41, 5.74) is 2.28. The fourth-order valence-electron chi connectivity index (χ4n) is 1.93. The van der Waals surface area contributed by atoms with Crippen LogP contribution in [0.1, 0.15) is 54.9 Å². The molecule has 0 aromatic heterocycles. The molecule has 0 aliphatic carbocycles. The fourth-order valence-corrected chi connectivity index (χ4v) is 1.93. The summed E-state index contributed by atoms with van der Waals surface area (Å²) in [5.74, 6) is 1.72. The van der Waals surface area contributed by atoms with Crippen molar-refractivity contribution >= 4 is 5.97 Å². The number of rotatable bonds is 7. The topological polar surface area (TPSA) is 26.3 Å². The lowest BCUT2D eigenvalue weighted by Crippen LogP contribution is -2.10. The van der Waals surface area contributed by atoms with Crippen LogP contribution in [-0.2, 0) is 9.53 Å². The van der Waals surface area contributed by atoms with Crippen LogP contribution in [0.25, 0.3) is 0 Å². The van der Waals surface area contributed by atoms with Crippen molar-refractivity contribution in [3.8, 4) is 0 Å². The van der Waals surface area contributed by atoms with E-state index in [1.807, 2.05) is 13.8 Å². The maximum atomic E-state index is 11.3. The van der Waals surface area contributed by atoms with Crippen molar-refractivity contribution in [2.45, 2.75) is 54.9 Å². The standard InChI is InChI=1S/C17H30O2/c1-8-19-17(18)10-13(4)9-15(6)16(7)11-14(5)12(2)3/h9-10,12,14,16H,8,11H2,1-7H3/b13-10+,15-9+. The van der Waals surface area contributed by atoms with Crippen molar-refractivity contribution in [1.29, 1.82) is 0 Å². The van der Waals surface area contributed by atoms with Gasteiger partial charge in [-0.25, -0.2) is 4.79 Å². The number of allylic oxidation sites excluding steroid dienone is 3. The summed E-state index contributed by atoms with van der Waals surface area (Å²) in [5, 5.41) is 0. The Morgan fingerprint density at radius 3 is 2.16 bits per heavy atom. The molecule has 2 atom stereocenters. The largest absolute Gasteiger partial charge is 0.463 e. The van der Waals surface area contributed by atoms with Crippen LogP contribution in [0.5, 0.6) is 0 Å². The third-order valence-electron chi connectivity index (χ3n) is 3.73. The molecule has 19 heavy (non-hydrogen) atoms. The van der Waals surface area contributed by atoms with Gasteiger partial charge < -0.3 is 4.74 Å². The smallest absolute Gasteiger partial charge is 0.330 e. The second kappa shape index (κ2) is 8.95. The van der Waals surface area contributed by atoms with E-state index < -0.39 is 0 Å². The number of esters is 1. The molecule has 0 spiro atoms. The lowest BCUT2D eigenvalue weighted by atomic mass is 9.85. The normalized spacial score (nSPS) is 16.4. The van der Waals surface area contributed by atoms with E-state index in [9.17, 15) is 4.79 Å². The molecule has 2 nitrogen and oxygen atoms in total. The summed E-state index contributed by atoms with van der Waals surface area (Å²) in [6, 6.07) is 0. The number of ether oxygens (including phenoxy) is 1. The Morgan fingerprint density at radius 1 is 1.11 bits per heavy atom. The monoisotopic (exact) mass is 266 g/mol. The minimum absolute atomic E-state index is 0.257. The summed E-state index contributed by atoms with van der Waals surface area (Å²) in [6.45, 7) is 15.4. The van der Waals surface area contributed by atoms with Gasteiger partial charge in [-0.05, 0) is 50.5 Å². The molecular formula is C17H30O2. The molecule has 0 saturated carbocycles. The summed E-state index contributed by atoms with van der Waals surface area (Å²) < 4.78 is 4.91. The third kappa shape index (κ3) is 7.86. The van der Waals surface area contributed by atoms with Crippen molar-refractivity contribution in [3.63, 3.8) is 0 Å². The predicted octanol–water partition coefficient (Wildman–Crippen LogP) is 4.76. The van der Waals surface area contributed by atoms with Gasteiger partial charge in [0.25, 0.3) is 0 Å². The zero-order valence-electron chi connectivity index (χ0n) is 13.6. The van der Waals surface area contributed by atoms with Crippen molar-refractivity contribution < 1.29 is 9.53 Å². The van der Waals surface area contributed by atoms with Crippen LogP contribution in [-0.4, -0.2) is 12.6 Å². The molecule has 0 heterocycles. The number of carbonyl (C=O) groups excluding carboxylic acids is 1. The molecule has 2 heteroatoms. The average Bonchev–Trinajstić information content (AvgIpc) is 2.28. The molecule has 0 aliphatic heterocycles. The number of carbonyl (C=O) groups is 1. The molecular weight excluding hydrogens is 236 g/mol. The second-order valence-electron chi connectivity index (χ2n) is 5.89. The maximum absolute atomic E-state index is 11.3. The molecule has 0 saturated heterocycles. The molecule has 0 aromatic rings. The van der Waals surface area contributed by atoms with E-state index in [4.69, 9.17) is 4.74 Å². The first-order chi connectivity index (χ1) is 8.77. The van der Waals surface area contributed by atoms with Gasteiger partial charge in [-0.1, -0.05) is 39.3 Å². The Labute approximate surface area is 118 Å². The Kier molecular flexibility index (Phi) is 8.46. The van der Waals surface area contributed by atoms with Gasteiger partial charge in [0.2, 0.25) is 0 Å². The lowest BCUT2D eigenvalue weighted by molar-refractivity contribution is -0.137. The number of hydrogen-bond donors (Lipinski definition) is 0.